The van der Waals surface area contributed by atoms with Gasteiger partial charge in [-0.05, 0) is 49.4 Å². The summed E-state index contributed by atoms with van der Waals surface area (Å²) in [6.07, 6.45) is 3.43. The van der Waals surface area contributed by atoms with Crippen LogP contribution in [0.1, 0.15) is 18.4 Å². The van der Waals surface area contributed by atoms with Crippen molar-refractivity contribution < 1.29 is 4.79 Å². The minimum atomic E-state index is -0.144. The van der Waals surface area contributed by atoms with E-state index < -0.39 is 0 Å². The number of piperidine rings is 1. The van der Waals surface area contributed by atoms with E-state index in [1.54, 1.807) is 0 Å². The van der Waals surface area contributed by atoms with Crippen molar-refractivity contribution >= 4 is 11.7 Å². The Hall–Kier alpha value is -2.33. The molecule has 1 saturated heterocycles. The molecule has 1 aliphatic rings. The maximum Gasteiger partial charge on any atom is 0.319 e. The van der Waals surface area contributed by atoms with Crippen LogP contribution in [0.3, 0.4) is 0 Å². The number of hydrogen-bond acceptors (Lipinski definition) is 2. The van der Waals surface area contributed by atoms with E-state index in [-0.39, 0.29) is 6.03 Å². The number of amides is 2. The molecule has 0 unspecified atom stereocenters. The summed E-state index contributed by atoms with van der Waals surface area (Å²) in [6.45, 7) is 1.68. The molecule has 2 amide bonds. The normalized spacial score (nSPS) is 20.3. The van der Waals surface area contributed by atoms with Crippen molar-refractivity contribution in [2.24, 2.45) is 5.92 Å². The Morgan fingerprint density at radius 2 is 1.71 bits per heavy atom. The average Bonchev–Trinajstić information content (AvgIpc) is 2.63. The monoisotopic (exact) mass is 323 g/mol. The summed E-state index contributed by atoms with van der Waals surface area (Å²) in [5.41, 5.74) is 2.22. The Morgan fingerprint density at radius 1 is 1.00 bits per heavy atom. The van der Waals surface area contributed by atoms with Gasteiger partial charge in [-0.15, -0.1) is 0 Å². The first kappa shape index (κ1) is 16.5. The molecule has 0 aromatic heterocycles. The molecule has 0 aliphatic carbocycles. The smallest absolute Gasteiger partial charge is 0.319 e. The molecule has 0 saturated carbocycles. The number of urea groups is 1. The van der Waals surface area contributed by atoms with Gasteiger partial charge in [-0.3, -0.25) is 0 Å². The topological polar surface area (TPSA) is 53.2 Å². The van der Waals surface area contributed by atoms with Crippen LogP contribution in [-0.2, 0) is 6.42 Å². The number of para-hydroxylation sites is 1. The fourth-order valence-electron chi connectivity index (χ4n) is 3.18. The van der Waals surface area contributed by atoms with Crippen molar-refractivity contribution in [3.05, 3.63) is 66.2 Å². The Balaban J connectivity index is 1.36. The number of carbonyl (C=O) groups excluding carboxylic acids is 1. The molecule has 0 radical (unpaired) electrons. The van der Waals surface area contributed by atoms with Gasteiger partial charge in [0.2, 0.25) is 0 Å². The zero-order chi connectivity index (χ0) is 16.6. The molecule has 126 valence electrons. The van der Waals surface area contributed by atoms with Crippen LogP contribution in [0.25, 0.3) is 0 Å². The van der Waals surface area contributed by atoms with Crippen LogP contribution in [0.15, 0.2) is 60.7 Å². The van der Waals surface area contributed by atoms with Crippen LogP contribution in [0.5, 0.6) is 0 Å². The molecule has 24 heavy (non-hydrogen) atoms. The number of hydrogen-bond donors (Lipinski definition) is 3. The third kappa shape index (κ3) is 5.10. The first-order valence-electron chi connectivity index (χ1n) is 8.67. The lowest BCUT2D eigenvalue weighted by molar-refractivity contribution is 0.247. The molecule has 0 bridgehead atoms. The number of rotatable bonds is 5. The van der Waals surface area contributed by atoms with E-state index in [2.05, 4.69) is 46.3 Å². The second kappa shape index (κ2) is 8.50. The number of benzene rings is 2. The highest BCUT2D eigenvalue weighted by atomic mass is 16.2. The second-order valence-electron chi connectivity index (χ2n) is 6.44. The summed E-state index contributed by atoms with van der Waals surface area (Å²) < 4.78 is 0. The summed E-state index contributed by atoms with van der Waals surface area (Å²) in [4.78, 5) is 11.9. The zero-order valence-electron chi connectivity index (χ0n) is 13.9. The Bertz CT molecular complexity index is 622. The molecule has 3 rings (SSSR count). The summed E-state index contributed by atoms with van der Waals surface area (Å²) in [7, 11) is 0. The van der Waals surface area contributed by atoms with Gasteiger partial charge in [0.1, 0.15) is 0 Å². The van der Waals surface area contributed by atoms with E-state index in [0.29, 0.717) is 18.5 Å². The summed E-state index contributed by atoms with van der Waals surface area (Å²) in [5, 5.41) is 9.36. The van der Waals surface area contributed by atoms with Crippen LogP contribution < -0.4 is 16.0 Å². The SMILES string of the molecule is O=C(NC[C@@H]1CC[C@H](Cc2ccccc2)CN1)Nc1ccccc1. The van der Waals surface area contributed by atoms with Gasteiger partial charge in [-0.1, -0.05) is 48.5 Å². The lowest BCUT2D eigenvalue weighted by Crippen LogP contribution is -2.47. The maximum absolute atomic E-state index is 11.9. The van der Waals surface area contributed by atoms with Crippen molar-refractivity contribution in [1.29, 1.82) is 0 Å². The molecule has 2 atom stereocenters. The third-order valence-corrected chi connectivity index (χ3v) is 4.53. The Kier molecular flexibility index (Phi) is 5.85. The van der Waals surface area contributed by atoms with Gasteiger partial charge in [0.05, 0.1) is 0 Å². The van der Waals surface area contributed by atoms with E-state index >= 15 is 0 Å². The van der Waals surface area contributed by atoms with Gasteiger partial charge >= 0.3 is 6.03 Å². The summed E-state index contributed by atoms with van der Waals surface area (Å²) in [5.74, 6) is 0.682. The van der Waals surface area contributed by atoms with Gasteiger partial charge in [0, 0.05) is 18.3 Å². The van der Waals surface area contributed by atoms with E-state index in [9.17, 15) is 4.79 Å². The lowest BCUT2D eigenvalue weighted by Gasteiger charge is -2.30. The van der Waals surface area contributed by atoms with Crippen molar-refractivity contribution in [1.82, 2.24) is 10.6 Å². The van der Waals surface area contributed by atoms with Gasteiger partial charge in [-0.2, -0.15) is 0 Å². The predicted molar refractivity (Wildman–Crippen MR) is 98.1 cm³/mol. The minimum Gasteiger partial charge on any atom is -0.336 e. The molecule has 1 heterocycles. The first-order chi connectivity index (χ1) is 11.8. The van der Waals surface area contributed by atoms with E-state index in [0.717, 1.165) is 25.1 Å². The predicted octanol–water partition coefficient (Wildman–Crippen LogP) is 3.42. The fourth-order valence-corrected chi connectivity index (χ4v) is 3.18. The Labute approximate surface area is 143 Å². The molecule has 2 aromatic carbocycles. The van der Waals surface area contributed by atoms with Crippen molar-refractivity contribution in [3.63, 3.8) is 0 Å². The third-order valence-electron chi connectivity index (χ3n) is 4.53. The van der Waals surface area contributed by atoms with Crippen LogP contribution >= 0.6 is 0 Å². The van der Waals surface area contributed by atoms with Gasteiger partial charge < -0.3 is 16.0 Å². The van der Waals surface area contributed by atoms with Gasteiger partial charge in [0.25, 0.3) is 0 Å². The number of anilines is 1. The highest BCUT2D eigenvalue weighted by Gasteiger charge is 2.21. The summed E-state index contributed by atoms with van der Waals surface area (Å²) in [6, 6.07) is 20.4. The molecule has 1 fully saturated rings. The quantitative estimate of drug-likeness (QED) is 0.790. The van der Waals surface area contributed by atoms with E-state index in [4.69, 9.17) is 0 Å². The minimum absolute atomic E-state index is 0.144. The molecule has 0 spiro atoms. The van der Waals surface area contributed by atoms with Crippen LogP contribution in [-0.4, -0.2) is 25.2 Å². The molecular weight excluding hydrogens is 298 g/mol. The van der Waals surface area contributed by atoms with Crippen molar-refractivity contribution in [3.8, 4) is 0 Å². The standard InChI is InChI=1S/C20H25N3O/c24-20(23-18-9-5-2-6-10-18)22-15-19-12-11-17(14-21-19)13-16-7-3-1-4-8-16/h1-10,17,19,21H,11-15H2,(H2,22,23,24)/t17-,19+/m1/s1. The maximum atomic E-state index is 11.9. The van der Waals surface area contributed by atoms with Crippen LogP contribution in [0.4, 0.5) is 10.5 Å². The van der Waals surface area contributed by atoms with E-state index in [1.165, 1.54) is 12.0 Å². The number of carbonyl (C=O) groups is 1. The van der Waals surface area contributed by atoms with Crippen molar-refractivity contribution in [2.45, 2.75) is 25.3 Å². The molecule has 1 aliphatic heterocycles. The van der Waals surface area contributed by atoms with Gasteiger partial charge in [-0.25, -0.2) is 4.79 Å². The first-order valence-corrected chi connectivity index (χ1v) is 8.67. The molecule has 4 nitrogen and oxygen atoms in total. The van der Waals surface area contributed by atoms with E-state index in [1.807, 2.05) is 30.3 Å². The van der Waals surface area contributed by atoms with Gasteiger partial charge in [0.15, 0.2) is 0 Å². The number of nitrogens with one attached hydrogen (secondary N) is 3. The lowest BCUT2D eigenvalue weighted by atomic mass is 9.89. The molecular formula is C20H25N3O. The fraction of sp³-hybridized carbons (Fsp3) is 0.350. The zero-order valence-corrected chi connectivity index (χ0v) is 13.9. The second-order valence-corrected chi connectivity index (χ2v) is 6.44. The summed E-state index contributed by atoms with van der Waals surface area (Å²) >= 11 is 0. The highest BCUT2D eigenvalue weighted by molar-refractivity contribution is 5.89. The van der Waals surface area contributed by atoms with Crippen LogP contribution in [0.2, 0.25) is 0 Å². The Morgan fingerprint density at radius 3 is 2.38 bits per heavy atom. The van der Waals surface area contributed by atoms with Crippen molar-refractivity contribution in [2.75, 3.05) is 18.4 Å². The average molecular weight is 323 g/mol. The molecule has 4 heteroatoms. The largest absolute Gasteiger partial charge is 0.336 e. The molecule has 2 aromatic rings. The van der Waals surface area contributed by atoms with Crippen LogP contribution in [0, 0.1) is 5.92 Å². The highest BCUT2D eigenvalue weighted by Crippen LogP contribution is 2.18. The molecule has 3 N–H and O–H groups in total.